The number of hydrogen-bond acceptors (Lipinski definition) is 2. The molecule has 0 aliphatic carbocycles. The van der Waals surface area contributed by atoms with Gasteiger partial charge in [-0.2, -0.15) is 0 Å². The molecule has 4 heteroatoms. The zero-order chi connectivity index (χ0) is 11.7. The number of pyridine rings is 1. The maximum atomic E-state index is 13.8. The van der Waals surface area contributed by atoms with Crippen LogP contribution in [0.3, 0.4) is 0 Å². The van der Waals surface area contributed by atoms with Gasteiger partial charge < -0.3 is 5.73 Å². The normalized spacial score (nSPS) is 10.4. The van der Waals surface area contributed by atoms with E-state index in [1.54, 1.807) is 19.1 Å². The molecule has 0 amide bonds. The Bertz CT molecular complexity index is 539. The van der Waals surface area contributed by atoms with Crippen molar-refractivity contribution in [2.24, 2.45) is 0 Å². The lowest BCUT2D eigenvalue weighted by molar-refractivity contribution is 0.583. The van der Waals surface area contributed by atoms with Crippen LogP contribution >= 0.6 is 0 Å². The fraction of sp³-hybridized carbons (Fsp3) is 0.0833. The summed E-state index contributed by atoms with van der Waals surface area (Å²) in [5.41, 5.74) is 6.23. The lowest BCUT2D eigenvalue weighted by Gasteiger charge is -2.08. The molecule has 0 aliphatic heterocycles. The van der Waals surface area contributed by atoms with Gasteiger partial charge in [0.25, 0.3) is 0 Å². The fourth-order valence-corrected chi connectivity index (χ4v) is 1.50. The van der Waals surface area contributed by atoms with E-state index in [9.17, 15) is 8.78 Å². The van der Waals surface area contributed by atoms with Gasteiger partial charge in [-0.25, -0.2) is 8.78 Å². The summed E-state index contributed by atoms with van der Waals surface area (Å²) >= 11 is 0. The predicted octanol–water partition coefficient (Wildman–Crippen LogP) is 2.92. The molecule has 0 saturated carbocycles. The van der Waals surface area contributed by atoms with Crippen LogP contribution in [0.25, 0.3) is 11.3 Å². The minimum absolute atomic E-state index is 0.140. The average molecular weight is 220 g/mol. The topological polar surface area (TPSA) is 38.9 Å². The predicted molar refractivity (Wildman–Crippen MR) is 58.7 cm³/mol. The van der Waals surface area contributed by atoms with E-state index in [4.69, 9.17) is 5.73 Å². The second kappa shape index (κ2) is 3.89. The summed E-state index contributed by atoms with van der Waals surface area (Å²) in [4.78, 5) is 3.91. The standard InChI is InChI=1S/C12H10F2N2/c1-7-4-5-8(13)10(11(7)14)12-9(15)3-2-6-16-12/h2-6H,15H2,1H3. The van der Waals surface area contributed by atoms with Crippen molar-refractivity contribution in [2.75, 3.05) is 5.73 Å². The molecular formula is C12H10F2N2. The van der Waals surface area contributed by atoms with Gasteiger partial charge >= 0.3 is 0 Å². The van der Waals surface area contributed by atoms with Gasteiger partial charge in [-0.3, -0.25) is 4.98 Å². The third kappa shape index (κ3) is 1.62. The Hall–Kier alpha value is -1.97. The maximum Gasteiger partial charge on any atom is 0.138 e. The van der Waals surface area contributed by atoms with E-state index < -0.39 is 11.6 Å². The number of nitrogens with zero attached hydrogens (tertiary/aromatic N) is 1. The highest BCUT2D eigenvalue weighted by atomic mass is 19.1. The molecule has 0 saturated heterocycles. The number of halogens is 2. The van der Waals surface area contributed by atoms with Crippen molar-refractivity contribution in [3.8, 4) is 11.3 Å². The first-order valence-electron chi connectivity index (χ1n) is 4.76. The number of anilines is 1. The molecule has 0 spiro atoms. The second-order valence-electron chi connectivity index (χ2n) is 3.49. The lowest BCUT2D eigenvalue weighted by atomic mass is 10.1. The summed E-state index contributed by atoms with van der Waals surface area (Å²) in [6.45, 7) is 1.57. The van der Waals surface area contributed by atoms with Crippen LogP contribution in [0.4, 0.5) is 14.5 Å². The van der Waals surface area contributed by atoms with Crippen molar-refractivity contribution < 1.29 is 8.78 Å². The van der Waals surface area contributed by atoms with E-state index in [-0.39, 0.29) is 16.9 Å². The van der Waals surface area contributed by atoms with Crippen LogP contribution < -0.4 is 5.73 Å². The Balaban J connectivity index is 2.74. The molecule has 0 fully saturated rings. The molecule has 0 unspecified atom stereocenters. The first-order chi connectivity index (χ1) is 7.61. The zero-order valence-corrected chi connectivity index (χ0v) is 8.67. The van der Waals surface area contributed by atoms with Crippen LogP contribution in [0.5, 0.6) is 0 Å². The minimum atomic E-state index is -0.659. The minimum Gasteiger partial charge on any atom is -0.397 e. The largest absolute Gasteiger partial charge is 0.397 e. The van der Waals surface area contributed by atoms with E-state index >= 15 is 0 Å². The van der Waals surface area contributed by atoms with E-state index in [1.807, 2.05) is 0 Å². The van der Waals surface area contributed by atoms with E-state index in [0.29, 0.717) is 5.56 Å². The summed E-state index contributed by atoms with van der Waals surface area (Å²) in [5.74, 6) is -1.28. The van der Waals surface area contributed by atoms with Gasteiger partial charge in [-0.1, -0.05) is 6.07 Å². The molecule has 2 nitrogen and oxygen atoms in total. The monoisotopic (exact) mass is 220 g/mol. The maximum absolute atomic E-state index is 13.8. The van der Waals surface area contributed by atoms with Crippen LogP contribution in [0.1, 0.15) is 5.56 Å². The van der Waals surface area contributed by atoms with Crippen LogP contribution in [-0.4, -0.2) is 4.98 Å². The lowest BCUT2D eigenvalue weighted by Crippen LogP contribution is -1.99. The highest BCUT2D eigenvalue weighted by Crippen LogP contribution is 2.29. The Kier molecular flexibility index (Phi) is 2.56. The quantitative estimate of drug-likeness (QED) is 0.802. The van der Waals surface area contributed by atoms with Crippen LogP contribution in [-0.2, 0) is 0 Å². The number of aryl methyl sites for hydroxylation is 1. The molecule has 2 aromatic rings. The van der Waals surface area contributed by atoms with Crippen molar-refractivity contribution in [2.45, 2.75) is 6.92 Å². The second-order valence-corrected chi connectivity index (χ2v) is 3.49. The number of benzene rings is 1. The van der Waals surface area contributed by atoms with Crippen molar-refractivity contribution in [3.63, 3.8) is 0 Å². The summed E-state index contributed by atoms with van der Waals surface area (Å²) in [7, 11) is 0. The van der Waals surface area contributed by atoms with E-state index in [2.05, 4.69) is 4.98 Å². The Morgan fingerprint density at radius 2 is 1.94 bits per heavy atom. The first-order valence-corrected chi connectivity index (χ1v) is 4.76. The molecule has 1 heterocycles. The Morgan fingerprint density at radius 3 is 2.62 bits per heavy atom. The van der Waals surface area contributed by atoms with Crippen molar-refractivity contribution in [1.29, 1.82) is 0 Å². The fourth-order valence-electron chi connectivity index (χ4n) is 1.50. The SMILES string of the molecule is Cc1ccc(F)c(-c2ncccc2N)c1F. The smallest absolute Gasteiger partial charge is 0.138 e. The average Bonchev–Trinajstić information content (AvgIpc) is 2.27. The Labute approximate surface area is 91.7 Å². The van der Waals surface area contributed by atoms with Crippen LogP contribution in [0.2, 0.25) is 0 Å². The summed E-state index contributed by atoms with van der Waals surface area (Å²) in [6.07, 6.45) is 1.45. The number of nitrogens with two attached hydrogens (primary N) is 1. The third-order valence-corrected chi connectivity index (χ3v) is 2.36. The number of hydrogen-bond donors (Lipinski definition) is 1. The molecule has 1 aromatic heterocycles. The van der Waals surface area contributed by atoms with E-state index in [1.165, 1.54) is 18.3 Å². The zero-order valence-electron chi connectivity index (χ0n) is 8.67. The van der Waals surface area contributed by atoms with Gasteiger partial charge in [0.05, 0.1) is 16.9 Å². The summed E-state index contributed by atoms with van der Waals surface area (Å²) in [6, 6.07) is 5.77. The molecular weight excluding hydrogens is 210 g/mol. The van der Waals surface area contributed by atoms with Gasteiger partial charge in [-0.05, 0) is 30.7 Å². The van der Waals surface area contributed by atoms with Gasteiger partial charge in [0, 0.05) is 6.20 Å². The highest BCUT2D eigenvalue weighted by Gasteiger charge is 2.16. The highest BCUT2D eigenvalue weighted by molar-refractivity contribution is 5.73. The molecule has 82 valence electrons. The van der Waals surface area contributed by atoms with Gasteiger partial charge in [0.15, 0.2) is 0 Å². The van der Waals surface area contributed by atoms with Crippen LogP contribution in [0, 0.1) is 18.6 Å². The molecule has 0 atom stereocenters. The molecule has 16 heavy (non-hydrogen) atoms. The molecule has 2 N–H and O–H groups in total. The Morgan fingerprint density at radius 1 is 1.19 bits per heavy atom. The van der Waals surface area contributed by atoms with Crippen LogP contribution in [0.15, 0.2) is 30.5 Å². The third-order valence-electron chi connectivity index (χ3n) is 2.36. The van der Waals surface area contributed by atoms with Crippen molar-refractivity contribution >= 4 is 5.69 Å². The van der Waals surface area contributed by atoms with Gasteiger partial charge in [-0.15, -0.1) is 0 Å². The molecule has 2 rings (SSSR count). The van der Waals surface area contributed by atoms with Crippen molar-refractivity contribution in [1.82, 2.24) is 4.98 Å². The summed E-state index contributed by atoms with van der Waals surface area (Å²) in [5, 5.41) is 0. The van der Waals surface area contributed by atoms with Crippen molar-refractivity contribution in [3.05, 3.63) is 47.7 Å². The molecule has 0 radical (unpaired) electrons. The van der Waals surface area contributed by atoms with Gasteiger partial charge in [0.1, 0.15) is 11.6 Å². The number of aromatic nitrogens is 1. The molecule has 0 bridgehead atoms. The van der Waals surface area contributed by atoms with Gasteiger partial charge in [0.2, 0.25) is 0 Å². The first kappa shape index (κ1) is 10.5. The molecule has 0 aliphatic rings. The number of rotatable bonds is 1. The number of nitrogen functional groups attached to an aromatic ring is 1. The summed E-state index contributed by atoms with van der Waals surface area (Å²) < 4.78 is 27.4. The van der Waals surface area contributed by atoms with E-state index in [0.717, 1.165) is 0 Å². The molecule has 1 aromatic carbocycles.